The lowest BCUT2D eigenvalue weighted by Crippen LogP contribution is -2.42. The van der Waals surface area contributed by atoms with Crippen LogP contribution in [0.15, 0.2) is 12.3 Å². The molecule has 1 aromatic rings. The van der Waals surface area contributed by atoms with E-state index in [9.17, 15) is 9.59 Å². The third kappa shape index (κ3) is 4.81. The standard InChI is InChI=1S/C14H19ClN2O3/c1-8-6-11(15)10(7-16-8)12(18)17-9(2)13(19)20-14(3,4)5/h6-7,9H,1-5H3,(H,17,18)/t9-/m1/s1. The van der Waals surface area contributed by atoms with Crippen LogP contribution in [0.2, 0.25) is 5.02 Å². The average Bonchev–Trinajstić information content (AvgIpc) is 2.26. The minimum absolute atomic E-state index is 0.229. The molecule has 1 amide bonds. The molecule has 1 atom stereocenters. The maximum atomic E-state index is 12.0. The highest BCUT2D eigenvalue weighted by atomic mass is 35.5. The summed E-state index contributed by atoms with van der Waals surface area (Å²) in [5.41, 5.74) is 0.346. The first kappa shape index (κ1) is 16.4. The number of amides is 1. The summed E-state index contributed by atoms with van der Waals surface area (Å²) in [6.45, 7) is 8.62. The van der Waals surface area contributed by atoms with Crippen molar-refractivity contribution in [3.05, 3.63) is 28.5 Å². The molecule has 0 radical (unpaired) electrons. The molecule has 110 valence electrons. The van der Waals surface area contributed by atoms with Crippen molar-refractivity contribution in [2.45, 2.75) is 46.3 Å². The molecule has 0 saturated heterocycles. The quantitative estimate of drug-likeness (QED) is 0.871. The van der Waals surface area contributed by atoms with Gasteiger partial charge >= 0.3 is 5.97 Å². The van der Waals surface area contributed by atoms with Gasteiger partial charge in [-0.05, 0) is 40.7 Å². The van der Waals surface area contributed by atoms with Gasteiger partial charge in [0.1, 0.15) is 11.6 Å². The number of aromatic nitrogens is 1. The molecule has 6 heteroatoms. The van der Waals surface area contributed by atoms with Gasteiger partial charge in [0.05, 0.1) is 10.6 Å². The van der Waals surface area contributed by atoms with Crippen molar-refractivity contribution in [2.75, 3.05) is 0 Å². The fourth-order valence-corrected chi connectivity index (χ4v) is 1.71. The summed E-state index contributed by atoms with van der Waals surface area (Å²) in [5.74, 6) is -0.956. The Labute approximate surface area is 123 Å². The van der Waals surface area contributed by atoms with Crippen LogP contribution in [-0.2, 0) is 9.53 Å². The van der Waals surface area contributed by atoms with E-state index in [1.807, 2.05) is 0 Å². The normalized spacial score (nSPS) is 12.7. The molecule has 0 aliphatic heterocycles. The fraction of sp³-hybridized carbons (Fsp3) is 0.500. The van der Waals surface area contributed by atoms with E-state index in [4.69, 9.17) is 16.3 Å². The summed E-state index contributed by atoms with van der Waals surface area (Å²) in [7, 11) is 0. The first-order chi connectivity index (χ1) is 9.10. The van der Waals surface area contributed by atoms with Crippen LogP contribution in [0.5, 0.6) is 0 Å². The van der Waals surface area contributed by atoms with Crippen LogP contribution in [0, 0.1) is 6.92 Å². The molecule has 1 heterocycles. The monoisotopic (exact) mass is 298 g/mol. The van der Waals surface area contributed by atoms with E-state index < -0.39 is 23.5 Å². The van der Waals surface area contributed by atoms with Gasteiger partial charge in [0.2, 0.25) is 0 Å². The van der Waals surface area contributed by atoms with Crippen molar-refractivity contribution in [1.29, 1.82) is 0 Å². The average molecular weight is 299 g/mol. The zero-order valence-corrected chi connectivity index (χ0v) is 13.0. The van der Waals surface area contributed by atoms with Crippen molar-refractivity contribution in [3.63, 3.8) is 0 Å². The molecule has 0 unspecified atom stereocenters. The van der Waals surface area contributed by atoms with Crippen LogP contribution in [-0.4, -0.2) is 28.5 Å². The van der Waals surface area contributed by atoms with E-state index in [0.717, 1.165) is 0 Å². The third-order valence-electron chi connectivity index (χ3n) is 2.34. The summed E-state index contributed by atoms with van der Waals surface area (Å²) >= 11 is 5.98. The van der Waals surface area contributed by atoms with E-state index in [1.165, 1.54) is 6.20 Å². The lowest BCUT2D eigenvalue weighted by molar-refractivity contribution is -0.156. The SMILES string of the molecule is Cc1cc(Cl)c(C(=O)N[C@H](C)C(=O)OC(C)(C)C)cn1. The number of hydrogen-bond acceptors (Lipinski definition) is 4. The molecular formula is C14H19ClN2O3. The molecular weight excluding hydrogens is 280 g/mol. The Balaban J connectivity index is 2.73. The topological polar surface area (TPSA) is 68.3 Å². The number of esters is 1. The van der Waals surface area contributed by atoms with Crippen LogP contribution >= 0.6 is 11.6 Å². The van der Waals surface area contributed by atoms with E-state index in [0.29, 0.717) is 10.7 Å². The summed E-state index contributed by atoms with van der Waals surface area (Å²) in [6, 6.07) is 0.827. The number of carbonyl (C=O) groups is 2. The molecule has 0 bridgehead atoms. The highest BCUT2D eigenvalue weighted by Crippen LogP contribution is 2.16. The molecule has 0 aromatic carbocycles. The van der Waals surface area contributed by atoms with Gasteiger partial charge in [-0.3, -0.25) is 9.78 Å². The van der Waals surface area contributed by atoms with Gasteiger partial charge in [0, 0.05) is 11.9 Å². The number of nitrogens with zero attached hydrogens (tertiary/aromatic N) is 1. The molecule has 1 rings (SSSR count). The van der Waals surface area contributed by atoms with Crippen molar-refractivity contribution >= 4 is 23.5 Å². The van der Waals surface area contributed by atoms with Crippen molar-refractivity contribution in [2.24, 2.45) is 0 Å². The number of pyridine rings is 1. The molecule has 1 aromatic heterocycles. The van der Waals surface area contributed by atoms with Crippen LogP contribution < -0.4 is 5.32 Å². The minimum atomic E-state index is -0.765. The van der Waals surface area contributed by atoms with Gasteiger partial charge in [-0.2, -0.15) is 0 Å². The number of halogens is 1. The first-order valence-electron chi connectivity index (χ1n) is 6.26. The van der Waals surface area contributed by atoms with Crippen LogP contribution in [0.25, 0.3) is 0 Å². The number of hydrogen-bond donors (Lipinski definition) is 1. The maximum Gasteiger partial charge on any atom is 0.328 e. The van der Waals surface area contributed by atoms with E-state index in [1.54, 1.807) is 40.7 Å². The number of aryl methyl sites for hydroxylation is 1. The first-order valence-corrected chi connectivity index (χ1v) is 6.64. The Kier molecular flexibility index (Phi) is 5.11. The predicted molar refractivity (Wildman–Crippen MR) is 76.8 cm³/mol. The second kappa shape index (κ2) is 6.22. The van der Waals surface area contributed by atoms with E-state index in [-0.39, 0.29) is 5.56 Å². The van der Waals surface area contributed by atoms with Crippen LogP contribution in [0.3, 0.4) is 0 Å². The Morgan fingerprint density at radius 2 is 2.00 bits per heavy atom. The maximum absolute atomic E-state index is 12.0. The van der Waals surface area contributed by atoms with E-state index in [2.05, 4.69) is 10.3 Å². The summed E-state index contributed by atoms with van der Waals surface area (Å²) in [5, 5.41) is 2.84. The zero-order chi connectivity index (χ0) is 15.5. The van der Waals surface area contributed by atoms with Crippen molar-refractivity contribution in [1.82, 2.24) is 10.3 Å². The molecule has 0 aliphatic carbocycles. The van der Waals surface area contributed by atoms with Crippen LogP contribution in [0.1, 0.15) is 43.7 Å². The highest BCUT2D eigenvalue weighted by molar-refractivity contribution is 6.33. The number of rotatable bonds is 3. The zero-order valence-electron chi connectivity index (χ0n) is 12.3. The highest BCUT2D eigenvalue weighted by Gasteiger charge is 2.24. The summed E-state index contributed by atoms with van der Waals surface area (Å²) < 4.78 is 5.18. The van der Waals surface area contributed by atoms with Crippen molar-refractivity contribution in [3.8, 4) is 0 Å². The van der Waals surface area contributed by atoms with E-state index >= 15 is 0 Å². The van der Waals surface area contributed by atoms with Crippen LogP contribution in [0.4, 0.5) is 0 Å². The second-order valence-electron chi connectivity index (χ2n) is 5.53. The summed E-state index contributed by atoms with van der Waals surface area (Å²) in [6.07, 6.45) is 1.38. The molecule has 5 nitrogen and oxygen atoms in total. The Morgan fingerprint density at radius 3 is 2.50 bits per heavy atom. The fourth-order valence-electron chi connectivity index (χ4n) is 1.42. The van der Waals surface area contributed by atoms with Gasteiger partial charge in [0.15, 0.2) is 0 Å². The Morgan fingerprint density at radius 1 is 1.40 bits per heavy atom. The lowest BCUT2D eigenvalue weighted by atomic mass is 10.2. The van der Waals surface area contributed by atoms with Gasteiger partial charge in [-0.15, -0.1) is 0 Å². The number of carbonyl (C=O) groups excluding carboxylic acids is 2. The molecule has 20 heavy (non-hydrogen) atoms. The molecule has 0 saturated carbocycles. The molecule has 0 aliphatic rings. The summed E-state index contributed by atoms with van der Waals surface area (Å²) in [4.78, 5) is 27.8. The number of ether oxygens (including phenoxy) is 1. The Hall–Kier alpha value is -1.62. The van der Waals surface area contributed by atoms with Gasteiger partial charge in [0.25, 0.3) is 5.91 Å². The smallest absolute Gasteiger partial charge is 0.328 e. The third-order valence-corrected chi connectivity index (χ3v) is 2.66. The Bertz CT molecular complexity index is 524. The number of nitrogens with one attached hydrogen (secondary N) is 1. The minimum Gasteiger partial charge on any atom is -0.458 e. The van der Waals surface area contributed by atoms with Gasteiger partial charge in [-0.25, -0.2) is 4.79 Å². The molecule has 1 N–H and O–H groups in total. The molecule has 0 spiro atoms. The predicted octanol–water partition coefficient (Wildman–Crippen LogP) is 2.50. The molecule has 0 fully saturated rings. The van der Waals surface area contributed by atoms with Crippen molar-refractivity contribution < 1.29 is 14.3 Å². The second-order valence-corrected chi connectivity index (χ2v) is 5.94. The lowest BCUT2D eigenvalue weighted by Gasteiger charge is -2.22. The largest absolute Gasteiger partial charge is 0.458 e. The van der Waals surface area contributed by atoms with Gasteiger partial charge in [-0.1, -0.05) is 11.6 Å². The van der Waals surface area contributed by atoms with Gasteiger partial charge < -0.3 is 10.1 Å².